The lowest BCUT2D eigenvalue weighted by Crippen LogP contribution is -1.80. The van der Waals surface area contributed by atoms with Crippen LogP contribution in [0.4, 0.5) is 5.69 Å². The molecule has 2 aromatic rings. The van der Waals surface area contributed by atoms with Crippen LogP contribution in [0.5, 0.6) is 0 Å². The van der Waals surface area contributed by atoms with Crippen molar-refractivity contribution in [3.63, 3.8) is 0 Å². The third kappa shape index (κ3) is 1.11. The van der Waals surface area contributed by atoms with Gasteiger partial charge in [-0.25, -0.2) is 0 Å². The summed E-state index contributed by atoms with van der Waals surface area (Å²) >= 11 is 0. The van der Waals surface area contributed by atoms with Gasteiger partial charge >= 0.3 is 0 Å². The van der Waals surface area contributed by atoms with Crippen molar-refractivity contribution in [3.05, 3.63) is 58.5 Å². The van der Waals surface area contributed by atoms with Crippen LogP contribution in [0.2, 0.25) is 0 Å². The summed E-state index contributed by atoms with van der Waals surface area (Å²) in [6, 6.07) is 14.0. The maximum atomic E-state index is 10.7. The Kier molecular flexibility index (Phi) is 1.68. The Bertz CT molecular complexity index is 546. The van der Waals surface area contributed by atoms with Gasteiger partial charge in [0, 0.05) is 6.42 Å². The first-order valence-electron chi connectivity index (χ1n) is 4.93. The van der Waals surface area contributed by atoms with Crippen LogP contribution in [-0.2, 0) is 6.42 Å². The molecule has 0 N–H and O–H groups in total. The van der Waals surface area contributed by atoms with Crippen molar-refractivity contribution in [3.8, 4) is 11.1 Å². The molecule has 3 rings (SSSR count). The van der Waals surface area contributed by atoms with Crippen LogP contribution in [0.3, 0.4) is 0 Å². The quantitative estimate of drug-likeness (QED) is 0.545. The topological polar surface area (TPSA) is 29.4 Å². The van der Waals surface area contributed by atoms with Gasteiger partial charge in [-0.3, -0.25) is 0 Å². The molecule has 2 heteroatoms. The van der Waals surface area contributed by atoms with Gasteiger partial charge in [-0.1, -0.05) is 36.4 Å². The first kappa shape index (κ1) is 8.36. The summed E-state index contributed by atoms with van der Waals surface area (Å²) in [6.45, 7) is 0. The first-order chi connectivity index (χ1) is 7.40. The van der Waals surface area contributed by atoms with E-state index in [1.54, 1.807) is 6.07 Å². The number of hydrogen-bond acceptors (Lipinski definition) is 2. The highest BCUT2D eigenvalue weighted by molar-refractivity contribution is 5.80. The molecule has 0 fully saturated rings. The van der Waals surface area contributed by atoms with E-state index in [1.165, 1.54) is 11.1 Å². The molecule has 15 heavy (non-hydrogen) atoms. The Balaban J connectivity index is 2.30. The molecule has 0 amide bonds. The number of nitroso groups, excluding NO2 is 1. The van der Waals surface area contributed by atoms with Crippen LogP contribution in [-0.4, -0.2) is 0 Å². The summed E-state index contributed by atoms with van der Waals surface area (Å²) in [4.78, 5) is 10.7. The predicted octanol–water partition coefficient (Wildman–Crippen LogP) is 3.66. The maximum Gasteiger partial charge on any atom is 0.112 e. The Morgan fingerprint density at radius 1 is 0.933 bits per heavy atom. The lowest BCUT2D eigenvalue weighted by molar-refractivity contribution is 1.24. The third-order valence-electron chi connectivity index (χ3n) is 2.92. The third-order valence-corrected chi connectivity index (χ3v) is 2.92. The first-order valence-corrected chi connectivity index (χ1v) is 4.93. The number of hydrogen-bond donors (Lipinski definition) is 0. The largest absolute Gasteiger partial charge is 0.145 e. The van der Waals surface area contributed by atoms with E-state index < -0.39 is 0 Å². The van der Waals surface area contributed by atoms with Crippen molar-refractivity contribution in [1.82, 2.24) is 0 Å². The van der Waals surface area contributed by atoms with Crippen LogP contribution in [0, 0.1) is 4.91 Å². The zero-order valence-electron chi connectivity index (χ0n) is 8.10. The minimum atomic E-state index is 0.573. The molecular weight excluding hydrogens is 186 g/mol. The van der Waals surface area contributed by atoms with Gasteiger partial charge in [0.25, 0.3) is 0 Å². The van der Waals surface area contributed by atoms with Crippen molar-refractivity contribution in [2.24, 2.45) is 5.18 Å². The van der Waals surface area contributed by atoms with E-state index in [4.69, 9.17) is 0 Å². The van der Waals surface area contributed by atoms with E-state index in [0.29, 0.717) is 5.69 Å². The minimum absolute atomic E-state index is 0.573. The summed E-state index contributed by atoms with van der Waals surface area (Å²) in [7, 11) is 0. The standard InChI is InChI=1S/C13H9NO/c15-14-13-7-3-6-11-10-5-2-1-4-9(10)8-12(11)13/h1-7H,8H2. The second-order valence-electron chi connectivity index (χ2n) is 3.73. The lowest BCUT2D eigenvalue weighted by atomic mass is 10.1. The lowest BCUT2D eigenvalue weighted by Gasteiger charge is -2.00. The summed E-state index contributed by atoms with van der Waals surface area (Å²) in [5, 5.41) is 3.08. The van der Waals surface area contributed by atoms with Crippen molar-refractivity contribution in [2.45, 2.75) is 6.42 Å². The minimum Gasteiger partial charge on any atom is -0.145 e. The highest BCUT2D eigenvalue weighted by Crippen LogP contribution is 2.40. The normalized spacial score (nSPS) is 12.0. The van der Waals surface area contributed by atoms with Crippen LogP contribution < -0.4 is 0 Å². The Hall–Kier alpha value is -1.96. The van der Waals surface area contributed by atoms with E-state index in [0.717, 1.165) is 17.5 Å². The molecule has 0 saturated heterocycles. The molecule has 72 valence electrons. The number of fused-ring (bicyclic) bond motifs is 3. The van der Waals surface area contributed by atoms with Gasteiger partial charge in [0.1, 0.15) is 5.69 Å². The summed E-state index contributed by atoms with van der Waals surface area (Å²) < 4.78 is 0. The average Bonchev–Trinajstić information content (AvgIpc) is 2.67. The predicted molar refractivity (Wildman–Crippen MR) is 60.1 cm³/mol. The SMILES string of the molecule is O=Nc1cccc2c1Cc1ccccc1-2. The number of rotatable bonds is 1. The summed E-state index contributed by atoms with van der Waals surface area (Å²) in [5.74, 6) is 0. The molecule has 0 unspecified atom stereocenters. The van der Waals surface area contributed by atoms with Gasteiger partial charge in [-0.05, 0) is 33.5 Å². The van der Waals surface area contributed by atoms with E-state index in [2.05, 4.69) is 23.4 Å². The molecule has 0 radical (unpaired) electrons. The highest BCUT2D eigenvalue weighted by atomic mass is 16.3. The molecular formula is C13H9NO. The van der Waals surface area contributed by atoms with Gasteiger partial charge in [-0.2, -0.15) is 0 Å². The van der Waals surface area contributed by atoms with Crippen LogP contribution in [0.15, 0.2) is 47.6 Å². The molecule has 2 nitrogen and oxygen atoms in total. The second-order valence-corrected chi connectivity index (χ2v) is 3.73. The molecule has 0 atom stereocenters. The van der Waals surface area contributed by atoms with Crippen LogP contribution >= 0.6 is 0 Å². The Morgan fingerprint density at radius 3 is 2.60 bits per heavy atom. The molecule has 0 aromatic heterocycles. The molecule has 0 bridgehead atoms. The summed E-state index contributed by atoms with van der Waals surface area (Å²) in [6.07, 6.45) is 0.827. The smallest absolute Gasteiger partial charge is 0.112 e. The van der Waals surface area contributed by atoms with Gasteiger partial charge in [-0.15, -0.1) is 4.91 Å². The molecule has 1 aliphatic carbocycles. The van der Waals surface area contributed by atoms with E-state index in [1.807, 2.05) is 18.2 Å². The van der Waals surface area contributed by atoms with Crippen LogP contribution in [0.1, 0.15) is 11.1 Å². The van der Waals surface area contributed by atoms with Gasteiger partial charge in [0.15, 0.2) is 0 Å². The fourth-order valence-electron chi connectivity index (χ4n) is 2.23. The van der Waals surface area contributed by atoms with E-state index >= 15 is 0 Å². The molecule has 0 heterocycles. The van der Waals surface area contributed by atoms with E-state index in [9.17, 15) is 4.91 Å². The second kappa shape index (κ2) is 3.02. The Morgan fingerprint density at radius 2 is 1.73 bits per heavy atom. The average molecular weight is 195 g/mol. The van der Waals surface area contributed by atoms with Crippen LogP contribution in [0.25, 0.3) is 11.1 Å². The zero-order valence-corrected chi connectivity index (χ0v) is 8.10. The van der Waals surface area contributed by atoms with Crippen molar-refractivity contribution < 1.29 is 0 Å². The van der Waals surface area contributed by atoms with Crippen molar-refractivity contribution in [1.29, 1.82) is 0 Å². The van der Waals surface area contributed by atoms with Crippen molar-refractivity contribution >= 4 is 5.69 Å². The number of benzene rings is 2. The molecule has 0 saturated carbocycles. The maximum absolute atomic E-state index is 10.7. The summed E-state index contributed by atoms with van der Waals surface area (Å²) in [5.41, 5.74) is 5.31. The van der Waals surface area contributed by atoms with Crippen molar-refractivity contribution in [2.75, 3.05) is 0 Å². The monoisotopic (exact) mass is 195 g/mol. The van der Waals surface area contributed by atoms with E-state index in [-0.39, 0.29) is 0 Å². The fourth-order valence-corrected chi connectivity index (χ4v) is 2.23. The highest BCUT2D eigenvalue weighted by Gasteiger charge is 2.20. The number of nitrogens with zero attached hydrogens (tertiary/aromatic N) is 1. The molecule has 0 spiro atoms. The van der Waals surface area contributed by atoms with Gasteiger partial charge in [0.05, 0.1) is 0 Å². The molecule has 1 aliphatic rings. The zero-order chi connectivity index (χ0) is 10.3. The van der Waals surface area contributed by atoms with Gasteiger partial charge < -0.3 is 0 Å². The Labute approximate surface area is 87.5 Å². The molecule has 0 aliphatic heterocycles. The molecule has 2 aromatic carbocycles. The van der Waals surface area contributed by atoms with Gasteiger partial charge in [0.2, 0.25) is 0 Å². The fraction of sp³-hybridized carbons (Fsp3) is 0.0769.